The molecule has 0 spiro atoms. The van der Waals surface area contributed by atoms with Crippen LogP contribution in [0.4, 0.5) is 10.6 Å². The van der Waals surface area contributed by atoms with Crippen molar-refractivity contribution < 1.29 is 14.1 Å². The quantitative estimate of drug-likeness (QED) is 0.881. The summed E-state index contributed by atoms with van der Waals surface area (Å²) in [5, 5.41) is 6.77. The van der Waals surface area contributed by atoms with Gasteiger partial charge in [-0.15, -0.1) is 0 Å². The van der Waals surface area contributed by atoms with Gasteiger partial charge in [-0.3, -0.25) is 0 Å². The number of piperazine rings is 1. The Balaban J connectivity index is 1.24. The molecule has 1 unspecified atom stereocenters. The van der Waals surface area contributed by atoms with Gasteiger partial charge < -0.3 is 24.4 Å². The molecule has 2 aromatic rings. The van der Waals surface area contributed by atoms with E-state index in [4.69, 9.17) is 9.26 Å². The molecule has 2 aromatic heterocycles. The molecule has 26 heavy (non-hydrogen) atoms. The van der Waals surface area contributed by atoms with Crippen LogP contribution in [0.2, 0.25) is 0 Å². The number of anilines is 1. The highest BCUT2D eigenvalue weighted by molar-refractivity contribution is 5.74. The fourth-order valence-corrected chi connectivity index (χ4v) is 3.19. The lowest BCUT2D eigenvalue weighted by Gasteiger charge is -2.35. The molecule has 0 radical (unpaired) electrons. The van der Waals surface area contributed by atoms with Crippen LogP contribution in [0.15, 0.2) is 28.9 Å². The summed E-state index contributed by atoms with van der Waals surface area (Å²) >= 11 is 0. The van der Waals surface area contributed by atoms with Gasteiger partial charge in [-0.2, -0.15) is 4.98 Å². The highest BCUT2D eigenvalue weighted by Crippen LogP contribution is 2.26. The zero-order valence-corrected chi connectivity index (χ0v) is 14.5. The molecule has 2 amide bonds. The number of pyridine rings is 1. The maximum atomic E-state index is 12.3. The number of urea groups is 1. The Morgan fingerprint density at radius 3 is 2.88 bits per heavy atom. The Morgan fingerprint density at radius 2 is 2.15 bits per heavy atom. The van der Waals surface area contributed by atoms with Crippen LogP contribution in [0.3, 0.4) is 0 Å². The first kappa shape index (κ1) is 16.8. The minimum absolute atomic E-state index is 0.105. The zero-order valence-electron chi connectivity index (χ0n) is 14.5. The van der Waals surface area contributed by atoms with Crippen molar-refractivity contribution in [3.8, 4) is 0 Å². The third-order valence-corrected chi connectivity index (χ3v) is 4.63. The lowest BCUT2D eigenvalue weighted by Crippen LogP contribution is -2.51. The Bertz CT molecular complexity index is 723. The number of nitrogens with zero attached hydrogens (tertiary/aromatic N) is 5. The lowest BCUT2D eigenvalue weighted by atomic mass is 10.2. The predicted molar refractivity (Wildman–Crippen MR) is 92.5 cm³/mol. The fourth-order valence-electron chi connectivity index (χ4n) is 3.19. The number of carbonyl (C=O) groups excluding carboxylic acids is 1. The number of hydrogen-bond donors (Lipinski definition) is 1. The molecule has 1 atom stereocenters. The molecule has 138 valence electrons. The van der Waals surface area contributed by atoms with Crippen molar-refractivity contribution in [2.24, 2.45) is 0 Å². The van der Waals surface area contributed by atoms with Crippen LogP contribution in [0.1, 0.15) is 30.7 Å². The van der Waals surface area contributed by atoms with Crippen molar-refractivity contribution in [2.45, 2.75) is 25.5 Å². The van der Waals surface area contributed by atoms with Gasteiger partial charge in [0.25, 0.3) is 5.89 Å². The molecule has 2 saturated heterocycles. The van der Waals surface area contributed by atoms with E-state index in [0.29, 0.717) is 24.8 Å². The van der Waals surface area contributed by atoms with E-state index in [1.165, 1.54) is 0 Å². The second-order valence-corrected chi connectivity index (χ2v) is 6.37. The van der Waals surface area contributed by atoms with Crippen LogP contribution in [0, 0.1) is 0 Å². The summed E-state index contributed by atoms with van der Waals surface area (Å²) in [6.07, 6.45) is 3.58. The van der Waals surface area contributed by atoms with Crippen molar-refractivity contribution in [2.75, 3.05) is 37.7 Å². The largest absolute Gasteiger partial charge is 0.368 e. The summed E-state index contributed by atoms with van der Waals surface area (Å²) < 4.78 is 10.7. The number of nitrogens with one attached hydrogen (secondary N) is 1. The summed E-state index contributed by atoms with van der Waals surface area (Å²) in [6, 6.07) is 5.73. The minimum atomic E-state index is -0.117. The van der Waals surface area contributed by atoms with Gasteiger partial charge in [-0.25, -0.2) is 9.78 Å². The smallest absolute Gasteiger partial charge is 0.317 e. The molecule has 2 aliphatic heterocycles. The van der Waals surface area contributed by atoms with Gasteiger partial charge in [0, 0.05) is 39.0 Å². The van der Waals surface area contributed by atoms with Crippen LogP contribution in [0.5, 0.6) is 0 Å². The van der Waals surface area contributed by atoms with Crippen molar-refractivity contribution in [1.82, 2.24) is 25.3 Å². The van der Waals surface area contributed by atoms with Crippen LogP contribution in [0.25, 0.3) is 0 Å². The number of amides is 2. The molecule has 0 bridgehead atoms. The number of rotatable bonds is 4. The number of aromatic nitrogens is 3. The summed E-state index contributed by atoms with van der Waals surface area (Å²) in [6.45, 7) is 3.79. The monoisotopic (exact) mass is 358 g/mol. The van der Waals surface area contributed by atoms with Crippen molar-refractivity contribution in [3.05, 3.63) is 36.1 Å². The van der Waals surface area contributed by atoms with Gasteiger partial charge in [-0.05, 0) is 25.0 Å². The highest BCUT2D eigenvalue weighted by atomic mass is 16.5. The number of ether oxygens (including phenoxy) is 1. The Labute approximate surface area is 151 Å². The molecule has 4 rings (SSSR count). The molecule has 1 N–H and O–H groups in total. The van der Waals surface area contributed by atoms with Crippen LogP contribution < -0.4 is 10.2 Å². The molecule has 0 saturated carbocycles. The van der Waals surface area contributed by atoms with Gasteiger partial charge in [0.05, 0.1) is 6.54 Å². The Morgan fingerprint density at radius 1 is 1.27 bits per heavy atom. The maximum Gasteiger partial charge on any atom is 0.317 e. The summed E-state index contributed by atoms with van der Waals surface area (Å²) in [4.78, 5) is 25.0. The predicted octanol–water partition coefficient (Wildman–Crippen LogP) is 1.35. The van der Waals surface area contributed by atoms with Crippen molar-refractivity contribution in [1.29, 1.82) is 0 Å². The molecule has 4 heterocycles. The Kier molecular flexibility index (Phi) is 4.96. The second kappa shape index (κ2) is 7.69. The molecular formula is C17H22N6O3. The highest BCUT2D eigenvalue weighted by Gasteiger charge is 2.25. The van der Waals surface area contributed by atoms with E-state index in [1.807, 2.05) is 18.2 Å². The van der Waals surface area contributed by atoms with E-state index in [9.17, 15) is 4.79 Å². The topological polar surface area (TPSA) is 96.6 Å². The molecule has 9 nitrogen and oxygen atoms in total. The summed E-state index contributed by atoms with van der Waals surface area (Å²) in [5.41, 5.74) is 0. The molecule has 0 aliphatic carbocycles. The van der Waals surface area contributed by atoms with Crippen LogP contribution in [-0.2, 0) is 11.3 Å². The number of hydrogen-bond acceptors (Lipinski definition) is 7. The van der Waals surface area contributed by atoms with Gasteiger partial charge in [0.15, 0.2) is 5.82 Å². The third-order valence-electron chi connectivity index (χ3n) is 4.63. The van der Waals surface area contributed by atoms with E-state index in [0.717, 1.165) is 38.4 Å². The van der Waals surface area contributed by atoms with E-state index in [1.54, 1.807) is 11.1 Å². The molecular weight excluding hydrogens is 336 g/mol. The van der Waals surface area contributed by atoms with E-state index >= 15 is 0 Å². The summed E-state index contributed by atoms with van der Waals surface area (Å²) in [5.74, 6) is 1.91. The average Bonchev–Trinajstić information content (AvgIpc) is 3.38. The van der Waals surface area contributed by atoms with Gasteiger partial charge in [0.2, 0.25) is 0 Å². The molecule has 2 aliphatic rings. The molecule has 0 aromatic carbocycles. The van der Waals surface area contributed by atoms with E-state index < -0.39 is 0 Å². The fraction of sp³-hybridized carbons (Fsp3) is 0.529. The van der Waals surface area contributed by atoms with Crippen molar-refractivity contribution >= 4 is 11.8 Å². The molecule has 2 fully saturated rings. The lowest BCUT2D eigenvalue weighted by molar-refractivity contribution is 0.0835. The summed E-state index contributed by atoms with van der Waals surface area (Å²) in [7, 11) is 0. The number of carbonyl (C=O) groups is 1. The average molecular weight is 358 g/mol. The normalized spacial score (nSPS) is 20.4. The molecule has 9 heteroatoms. The first-order chi connectivity index (χ1) is 12.8. The second-order valence-electron chi connectivity index (χ2n) is 6.37. The zero-order chi connectivity index (χ0) is 17.8. The van der Waals surface area contributed by atoms with Gasteiger partial charge >= 0.3 is 6.03 Å². The SMILES string of the molecule is O=C(NCc1noc(C2CCCO2)n1)N1CCN(c2ccccn2)CC1. The first-order valence-corrected chi connectivity index (χ1v) is 8.92. The van der Waals surface area contributed by atoms with Crippen LogP contribution in [-0.4, -0.2) is 58.8 Å². The van der Waals surface area contributed by atoms with Crippen molar-refractivity contribution in [3.63, 3.8) is 0 Å². The van der Waals surface area contributed by atoms with Gasteiger partial charge in [0.1, 0.15) is 11.9 Å². The van der Waals surface area contributed by atoms with E-state index in [2.05, 4.69) is 25.3 Å². The van der Waals surface area contributed by atoms with Crippen LogP contribution >= 0.6 is 0 Å². The first-order valence-electron chi connectivity index (χ1n) is 8.92. The Hall–Kier alpha value is -2.68. The third kappa shape index (κ3) is 3.77. The van der Waals surface area contributed by atoms with Gasteiger partial charge in [-0.1, -0.05) is 11.2 Å². The standard InChI is InChI=1S/C17H22N6O3/c24-17(19-12-14-20-16(26-21-14)13-4-3-11-25-13)23-9-7-22(8-10-23)15-5-1-2-6-18-15/h1-2,5-6,13H,3-4,7-12H2,(H,19,24). The van der Waals surface area contributed by atoms with E-state index in [-0.39, 0.29) is 18.7 Å². The minimum Gasteiger partial charge on any atom is -0.368 e. The maximum absolute atomic E-state index is 12.3.